The van der Waals surface area contributed by atoms with E-state index < -0.39 is 6.04 Å². The molecule has 0 spiro atoms. The van der Waals surface area contributed by atoms with Crippen LogP contribution in [0.25, 0.3) is 0 Å². The maximum atomic E-state index is 13.5. The molecule has 2 aliphatic heterocycles. The lowest BCUT2D eigenvalue weighted by Crippen LogP contribution is -2.60. The largest absolute Gasteiger partial charge is 0.343 e. The van der Waals surface area contributed by atoms with E-state index in [1.807, 2.05) is 6.07 Å². The molecule has 2 heterocycles. The van der Waals surface area contributed by atoms with Crippen LogP contribution in [0.5, 0.6) is 0 Å². The lowest BCUT2D eigenvalue weighted by atomic mass is 10.1. The molecule has 2 saturated heterocycles. The van der Waals surface area contributed by atoms with Gasteiger partial charge in [-0.3, -0.25) is 9.59 Å². The number of piperazine rings is 1. The number of hydrogen-bond donors (Lipinski definition) is 2. The summed E-state index contributed by atoms with van der Waals surface area (Å²) in [6.07, 6.45) is 0.596. The summed E-state index contributed by atoms with van der Waals surface area (Å²) in [5.74, 6) is -0.334. The summed E-state index contributed by atoms with van der Waals surface area (Å²) in [7, 11) is 0. The predicted molar refractivity (Wildman–Crippen MR) is 79.5 cm³/mol. The summed E-state index contributed by atoms with van der Waals surface area (Å²) in [4.78, 5) is 25.7. The van der Waals surface area contributed by atoms with Crippen molar-refractivity contribution in [1.29, 1.82) is 0 Å². The summed E-state index contributed by atoms with van der Waals surface area (Å²) in [6.45, 7) is 4.47. The van der Waals surface area contributed by atoms with Gasteiger partial charge in [-0.1, -0.05) is 12.1 Å². The van der Waals surface area contributed by atoms with Gasteiger partial charge in [0.05, 0.1) is 0 Å². The van der Waals surface area contributed by atoms with Crippen LogP contribution < -0.4 is 10.6 Å². The highest BCUT2D eigenvalue weighted by Crippen LogP contribution is 2.23. The molecule has 0 saturated carbocycles. The zero-order valence-electron chi connectivity index (χ0n) is 12.7. The Bertz CT molecular complexity index is 619. The average molecular weight is 305 g/mol. The first-order chi connectivity index (χ1) is 10.5. The Hall–Kier alpha value is -1.95. The third kappa shape index (κ3) is 2.70. The number of halogens is 1. The SMILES string of the molecule is Cc1ccc(CN[C@H]2C[C@H]3C(=O)N[C@H](C)C(=O)N3C2)cc1F. The molecule has 2 fully saturated rings. The molecule has 2 amide bonds. The highest BCUT2D eigenvalue weighted by molar-refractivity contribution is 5.97. The molecule has 0 aromatic heterocycles. The predicted octanol–water partition coefficient (Wildman–Crippen LogP) is 0.712. The monoisotopic (exact) mass is 305 g/mol. The average Bonchev–Trinajstić information content (AvgIpc) is 2.91. The molecule has 22 heavy (non-hydrogen) atoms. The van der Waals surface area contributed by atoms with E-state index in [1.54, 1.807) is 24.8 Å². The second-order valence-corrected chi connectivity index (χ2v) is 6.13. The zero-order valence-corrected chi connectivity index (χ0v) is 12.7. The van der Waals surface area contributed by atoms with Crippen LogP contribution in [0, 0.1) is 12.7 Å². The molecule has 2 aliphatic rings. The fourth-order valence-electron chi connectivity index (χ4n) is 3.10. The normalized spacial score (nSPS) is 27.8. The second kappa shape index (κ2) is 5.68. The molecule has 3 rings (SSSR count). The second-order valence-electron chi connectivity index (χ2n) is 6.13. The van der Waals surface area contributed by atoms with Crippen LogP contribution in [0.4, 0.5) is 4.39 Å². The number of rotatable bonds is 3. The molecule has 6 heteroatoms. The molecule has 0 aliphatic carbocycles. The van der Waals surface area contributed by atoms with Gasteiger partial charge in [0.25, 0.3) is 0 Å². The van der Waals surface area contributed by atoms with Gasteiger partial charge in [-0.25, -0.2) is 4.39 Å². The van der Waals surface area contributed by atoms with Crippen LogP contribution >= 0.6 is 0 Å². The van der Waals surface area contributed by atoms with Crippen molar-refractivity contribution in [2.24, 2.45) is 0 Å². The Morgan fingerprint density at radius 1 is 1.41 bits per heavy atom. The van der Waals surface area contributed by atoms with Crippen molar-refractivity contribution in [3.63, 3.8) is 0 Å². The van der Waals surface area contributed by atoms with Crippen molar-refractivity contribution in [3.8, 4) is 0 Å². The maximum absolute atomic E-state index is 13.5. The minimum Gasteiger partial charge on any atom is -0.343 e. The number of benzene rings is 1. The first-order valence-corrected chi connectivity index (χ1v) is 7.55. The topological polar surface area (TPSA) is 61.4 Å². The Balaban J connectivity index is 1.62. The lowest BCUT2D eigenvalue weighted by Gasteiger charge is -2.32. The van der Waals surface area contributed by atoms with Gasteiger partial charge in [0.2, 0.25) is 11.8 Å². The summed E-state index contributed by atoms with van der Waals surface area (Å²) in [5.41, 5.74) is 1.48. The van der Waals surface area contributed by atoms with Crippen molar-refractivity contribution < 1.29 is 14.0 Å². The highest BCUT2D eigenvalue weighted by atomic mass is 19.1. The van der Waals surface area contributed by atoms with E-state index in [9.17, 15) is 14.0 Å². The Kier molecular flexibility index (Phi) is 3.87. The van der Waals surface area contributed by atoms with Crippen LogP contribution in [0.15, 0.2) is 18.2 Å². The van der Waals surface area contributed by atoms with Gasteiger partial charge in [0, 0.05) is 19.1 Å². The molecule has 0 radical (unpaired) electrons. The smallest absolute Gasteiger partial charge is 0.245 e. The maximum Gasteiger partial charge on any atom is 0.245 e. The van der Waals surface area contributed by atoms with Gasteiger partial charge in [-0.15, -0.1) is 0 Å². The van der Waals surface area contributed by atoms with Crippen molar-refractivity contribution >= 4 is 11.8 Å². The van der Waals surface area contributed by atoms with Gasteiger partial charge in [-0.05, 0) is 37.5 Å². The van der Waals surface area contributed by atoms with E-state index >= 15 is 0 Å². The third-order valence-electron chi connectivity index (χ3n) is 4.45. The lowest BCUT2D eigenvalue weighted by molar-refractivity contribution is -0.146. The summed E-state index contributed by atoms with van der Waals surface area (Å²) >= 11 is 0. The number of aryl methyl sites for hydroxylation is 1. The summed E-state index contributed by atoms with van der Waals surface area (Å²) in [6, 6.07) is 4.38. The van der Waals surface area contributed by atoms with Gasteiger partial charge >= 0.3 is 0 Å². The number of fused-ring (bicyclic) bond motifs is 1. The van der Waals surface area contributed by atoms with E-state index in [-0.39, 0.29) is 29.7 Å². The quantitative estimate of drug-likeness (QED) is 0.865. The van der Waals surface area contributed by atoms with Crippen LogP contribution in [0.3, 0.4) is 0 Å². The number of carbonyl (C=O) groups excluding carboxylic acids is 2. The van der Waals surface area contributed by atoms with Gasteiger partial charge in [0.1, 0.15) is 17.9 Å². The molecular weight excluding hydrogens is 285 g/mol. The van der Waals surface area contributed by atoms with Gasteiger partial charge < -0.3 is 15.5 Å². The van der Waals surface area contributed by atoms with Crippen molar-refractivity contribution in [3.05, 3.63) is 35.1 Å². The summed E-state index contributed by atoms with van der Waals surface area (Å²) in [5, 5.41) is 6.02. The number of carbonyl (C=O) groups is 2. The van der Waals surface area contributed by atoms with Crippen LogP contribution in [0.1, 0.15) is 24.5 Å². The minimum absolute atomic E-state index is 0.0321. The van der Waals surface area contributed by atoms with Crippen molar-refractivity contribution in [2.45, 2.75) is 44.9 Å². The van der Waals surface area contributed by atoms with Crippen molar-refractivity contribution in [1.82, 2.24) is 15.5 Å². The van der Waals surface area contributed by atoms with E-state index in [0.717, 1.165) is 5.56 Å². The van der Waals surface area contributed by atoms with Gasteiger partial charge in [0.15, 0.2) is 0 Å². The molecule has 3 atom stereocenters. The molecular formula is C16H20FN3O2. The van der Waals surface area contributed by atoms with E-state index in [1.165, 1.54) is 6.07 Å². The van der Waals surface area contributed by atoms with Crippen LogP contribution in [-0.2, 0) is 16.1 Å². The van der Waals surface area contributed by atoms with Crippen molar-refractivity contribution in [2.75, 3.05) is 6.54 Å². The molecule has 118 valence electrons. The summed E-state index contributed by atoms with van der Waals surface area (Å²) < 4.78 is 13.5. The minimum atomic E-state index is -0.450. The molecule has 1 aromatic rings. The Morgan fingerprint density at radius 3 is 2.91 bits per heavy atom. The van der Waals surface area contributed by atoms with Crippen LogP contribution in [0.2, 0.25) is 0 Å². The molecule has 1 aromatic carbocycles. The van der Waals surface area contributed by atoms with Crippen LogP contribution in [-0.4, -0.2) is 41.4 Å². The van der Waals surface area contributed by atoms with E-state index in [4.69, 9.17) is 0 Å². The fourth-order valence-corrected chi connectivity index (χ4v) is 3.10. The number of nitrogens with zero attached hydrogens (tertiary/aromatic N) is 1. The first-order valence-electron chi connectivity index (χ1n) is 7.55. The Morgan fingerprint density at radius 2 is 2.18 bits per heavy atom. The molecule has 0 unspecified atom stereocenters. The molecule has 0 bridgehead atoms. The standard InChI is InChI=1S/C16H20FN3O2/c1-9-3-4-11(5-13(9)17)7-18-12-6-14-15(21)19-10(2)16(22)20(14)8-12/h3-5,10,12,14,18H,6-8H2,1-2H3,(H,19,21)/t10-,12+,14+/m1/s1. The molecule has 2 N–H and O–H groups in total. The van der Waals surface area contributed by atoms with E-state index in [2.05, 4.69) is 10.6 Å². The Labute approximate surface area is 128 Å². The number of amides is 2. The number of nitrogens with one attached hydrogen (secondary N) is 2. The zero-order chi connectivity index (χ0) is 15.9. The number of hydrogen-bond acceptors (Lipinski definition) is 3. The highest BCUT2D eigenvalue weighted by Gasteiger charge is 2.44. The fraction of sp³-hybridized carbons (Fsp3) is 0.500. The van der Waals surface area contributed by atoms with Gasteiger partial charge in [-0.2, -0.15) is 0 Å². The third-order valence-corrected chi connectivity index (χ3v) is 4.45. The molecule has 5 nitrogen and oxygen atoms in total. The first kappa shape index (κ1) is 15.0. The van der Waals surface area contributed by atoms with E-state index in [0.29, 0.717) is 25.1 Å².